The SMILES string of the molecule is CC(C)C(O[Si](C)(C)C)B1OC(C)(C)C(C)(C)O1. The summed E-state index contributed by atoms with van der Waals surface area (Å²) < 4.78 is 18.5. The minimum Gasteiger partial charge on any atom is -0.416 e. The van der Waals surface area contributed by atoms with Crippen molar-refractivity contribution in [3.05, 3.63) is 0 Å². The summed E-state index contributed by atoms with van der Waals surface area (Å²) in [6.07, 6.45) is 0. The van der Waals surface area contributed by atoms with Crippen LogP contribution in [0.15, 0.2) is 0 Å². The summed E-state index contributed by atoms with van der Waals surface area (Å²) in [6, 6.07) is 0.0118. The molecule has 1 aliphatic rings. The molecule has 1 heterocycles. The lowest BCUT2D eigenvalue weighted by Crippen LogP contribution is -2.46. The van der Waals surface area contributed by atoms with Gasteiger partial charge in [0.1, 0.15) is 0 Å². The second-order valence-corrected chi connectivity index (χ2v) is 12.0. The van der Waals surface area contributed by atoms with E-state index in [9.17, 15) is 0 Å². The molecule has 0 amide bonds. The molecule has 0 aromatic heterocycles. The maximum absolute atomic E-state index is 6.26. The Labute approximate surface area is 114 Å². The largest absolute Gasteiger partial charge is 0.487 e. The summed E-state index contributed by atoms with van der Waals surface area (Å²) in [5.74, 6) is 0.381. The summed E-state index contributed by atoms with van der Waals surface area (Å²) >= 11 is 0. The molecule has 0 aliphatic carbocycles. The van der Waals surface area contributed by atoms with E-state index in [0.29, 0.717) is 5.92 Å². The smallest absolute Gasteiger partial charge is 0.416 e. The zero-order valence-electron chi connectivity index (χ0n) is 13.5. The summed E-state index contributed by atoms with van der Waals surface area (Å²) in [7, 11) is -1.87. The normalized spacial score (nSPS) is 24.7. The van der Waals surface area contributed by atoms with Gasteiger partial charge in [-0.15, -0.1) is 0 Å². The van der Waals surface area contributed by atoms with Gasteiger partial charge in [-0.1, -0.05) is 13.8 Å². The molecule has 1 fully saturated rings. The van der Waals surface area contributed by atoms with E-state index in [4.69, 9.17) is 13.7 Å². The van der Waals surface area contributed by atoms with E-state index >= 15 is 0 Å². The van der Waals surface area contributed by atoms with Crippen LogP contribution in [0.5, 0.6) is 0 Å². The Morgan fingerprint density at radius 2 is 1.33 bits per heavy atom. The van der Waals surface area contributed by atoms with Crippen LogP contribution >= 0.6 is 0 Å². The van der Waals surface area contributed by atoms with E-state index in [2.05, 4.69) is 61.2 Å². The van der Waals surface area contributed by atoms with Crippen molar-refractivity contribution < 1.29 is 13.7 Å². The van der Waals surface area contributed by atoms with Crippen LogP contribution in [-0.4, -0.2) is 32.6 Å². The molecule has 0 N–H and O–H groups in total. The van der Waals surface area contributed by atoms with Crippen molar-refractivity contribution in [2.24, 2.45) is 5.92 Å². The Morgan fingerprint density at radius 1 is 0.944 bits per heavy atom. The van der Waals surface area contributed by atoms with Crippen molar-refractivity contribution >= 4 is 15.4 Å². The lowest BCUT2D eigenvalue weighted by atomic mass is 9.75. The average Bonchev–Trinajstić information content (AvgIpc) is 2.30. The lowest BCUT2D eigenvalue weighted by molar-refractivity contribution is 0.00578. The van der Waals surface area contributed by atoms with Gasteiger partial charge in [-0.2, -0.15) is 0 Å². The van der Waals surface area contributed by atoms with Crippen LogP contribution in [0, 0.1) is 5.92 Å². The van der Waals surface area contributed by atoms with Gasteiger partial charge in [0, 0.05) is 0 Å². The first-order valence-corrected chi connectivity index (χ1v) is 10.3. The lowest BCUT2D eigenvalue weighted by Gasteiger charge is -2.32. The van der Waals surface area contributed by atoms with Gasteiger partial charge < -0.3 is 13.7 Å². The number of hydrogen-bond donors (Lipinski definition) is 0. The van der Waals surface area contributed by atoms with Crippen LogP contribution in [0.3, 0.4) is 0 Å². The van der Waals surface area contributed by atoms with E-state index in [-0.39, 0.29) is 24.3 Å². The molecule has 1 rings (SSSR count). The molecule has 1 atom stereocenters. The van der Waals surface area contributed by atoms with Crippen LogP contribution in [0.2, 0.25) is 19.6 Å². The van der Waals surface area contributed by atoms with Crippen molar-refractivity contribution in [2.45, 2.75) is 78.4 Å². The van der Waals surface area contributed by atoms with Gasteiger partial charge in [0.05, 0.1) is 17.2 Å². The molecule has 0 aromatic carbocycles. The highest BCUT2D eigenvalue weighted by molar-refractivity contribution is 6.70. The van der Waals surface area contributed by atoms with Crippen LogP contribution in [0.4, 0.5) is 0 Å². The molecule has 0 spiro atoms. The third kappa shape index (κ3) is 3.59. The zero-order valence-corrected chi connectivity index (χ0v) is 14.5. The molecule has 1 unspecified atom stereocenters. The van der Waals surface area contributed by atoms with Gasteiger partial charge in [0.2, 0.25) is 0 Å². The van der Waals surface area contributed by atoms with Gasteiger partial charge in [-0.25, -0.2) is 0 Å². The second kappa shape index (κ2) is 4.93. The van der Waals surface area contributed by atoms with Crippen molar-refractivity contribution in [1.29, 1.82) is 0 Å². The van der Waals surface area contributed by atoms with E-state index in [1.807, 2.05) is 0 Å². The van der Waals surface area contributed by atoms with Gasteiger partial charge in [-0.05, 0) is 53.3 Å². The first kappa shape index (κ1) is 16.2. The third-order valence-electron chi connectivity index (χ3n) is 3.69. The molecule has 1 saturated heterocycles. The molecule has 0 radical (unpaired) electrons. The highest BCUT2D eigenvalue weighted by Gasteiger charge is 2.55. The van der Waals surface area contributed by atoms with E-state index in [0.717, 1.165) is 0 Å². The Balaban J connectivity index is 2.85. The van der Waals surface area contributed by atoms with Crippen LogP contribution in [0.25, 0.3) is 0 Å². The average molecular weight is 272 g/mol. The van der Waals surface area contributed by atoms with Gasteiger partial charge >= 0.3 is 7.12 Å². The second-order valence-electron chi connectivity index (χ2n) is 7.56. The minimum absolute atomic E-state index is 0.0118. The molecule has 0 saturated carbocycles. The fourth-order valence-electron chi connectivity index (χ4n) is 1.94. The van der Waals surface area contributed by atoms with Gasteiger partial charge in [0.25, 0.3) is 0 Å². The third-order valence-corrected chi connectivity index (χ3v) is 4.67. The highest BCUT2D eigenvalue weighted by atomic mass is 28.4. The predicted octanol–water partition coefficient (Wildman–Crippen LogP) is 3.49. The Bertz CT molecular complexity index is 281. The van der Waals surface area contributed by atoms with Crippen molar-refractivity contribution in [3.63, 3.8) is 0 Å². The van der Waals surface area contributed by atoms with Crippen LogP contribution in [0.1, 0.15) is 41.5 Å². The quantitative estimate of drug-likeness (QED) is 0.733. The maximum Gasteiger partial charge on any atom is 0.487 e. The molecule has 106 valence electrons. The summed E-state index contributed by atoms with van der Waals surface area (Å²) in [6.45, 7) is 19.3. The van der Waals surface area contributed by atoms with E-state index in [1.165, 1.54) is 0 Å². The summed E-state index contributed by atoms with van der Waals surface area (Å²) in [4.78, 5) is 0. The molecule has 1 aliphatic heterocycles. The highest BCUT2D eigenvalue weighted by Crippen LogP contribution is 2.39. The molecule has 0 aromatic rings. The monoisotopic (exact) mass is 272 g/mol. The first-order chi connectivity index (χ1) is 7.86. The Kier molecular flexibility index (Phi) is 4.44. The fraction of sp³-hybridized carbons (Fsp3) is 1.00. The first-order valence-electron chi connectivity index (χ1n) is 6.89. The number of hydrogen-bond acceptors (Lipinski definition) is 3. The standard InChI is InChI=1S/C13H29BO3Si/c1-10(2)11(15-18(7,8)9)14-16-12(3,4)13(5,6)17-14/h10-11H,1-9H3. The maximum atomic E-state index is 6.26. The van der Waals surface area contributed by atoms with Gasteiger partial charge in [-0.3, -0.25) is 0 Å². The molecular formula is C13H29BO3Si. The topological polar surface area (TPSA) is 27.7 Å². The van der Waals surface area contributed by atoms with E-state index in [1.54, 1.807) is 0 Å². The Hall–Kier alpha value is 0.162. The molecule has 3 nitrogen and oxygen atoms in total. The number of rotatable bonds is 4. The minimum atomic E-state index is -1.60. The van der Waals surface area contributed by atoms with Crippen molar-refractivity contribution in [3.8, 4) is 0 Å². The summed E-state index contributed by atoms with van der Waals surface area (Å²) in [5.41, 5.74) is -0.568. The zero-order chi connectivity index (χ0) is 14.4. The predicted molar refractivity (Wildman–Crippen MR) is 79.1 cm³/mol. The van der Waals surface area contributed by atoms with Crippen LogP contribution < -0.4 is 0 Å². The van der Waals surface area contributed by atoms with Crippen LogP contribution in [-0.2, 0) is 13.7 Å². The van der Waals surface area contributed by atoms with Gasteiger partial charge in [0.15, 0.2) is 8.32 Å². The Morgan fingerprint density at radius 3 is 1.61 bits per heavy atom. The van der Waals surface area contributed by atoms with E-state index < -0.39 is 8.32 Å². The molecule has 18 heavy (non-hydrogen) atoms. The molecule has 0 bridgehead atoms. The molecular weight excluding hydrogens is 243 g/mol. The van der Waals surface area contributed by atoms with Crippen molar-refractivity contribution in [2.75, 3.05) is 0 Å². The van der Waals surface area contributed by atoms with Crippen molar-refractivity contribution in [1.82, 2.24) is 0 Å². The summed E-state index contributed by atoms with van der Waals surface area (Å²) in [5, 5.41) is 0. The fourth-order valence-corrected chi connectivity index (χ4v) is 3.14. The molecule has 5 heteroatoms.